The number of amides is 2. The van der Waals surface area contributed by atoms with Crippen molar-refractivity contribution in [3.05, 3.63) is 66.2 Å². The number of anilines is 2. The van der Waals surface area contributed by atoms with Crippen molar-refractivity contribution in [2.45, 2.75) is 12.1 Å². The summed E-state index contributed by atoms with van der Waals surface area (Å²) in [5, 5.41) is 17.2. The summed E-state index contributed by atoms with van der Waals surface area (Å²) in [7, 11) is 0. The number of para-hydroxylation sites is 1. The molecule has 2 aromatic heterocycles. The van der Waals surface area contributed by atoms with Crippen LogP contribution in [0.5, 0.6) is 0 Å². The van der Waals surface area contributed by atoms with E-state index in [4.69, 9.17) is 0 Å². The Morgan fingerprint density at radius 3 is 2.48 bits per heavy atom. The van der Waals surface area contributed by atoms with Gasteiger partial charge in [0.05, 0.1) is 5.75 Å². The zero-order chi connectivity index (χ0) is 21.6. The van der Waals surface area contributed by atoms with Crippen molar-refractivity contribution in [3.63, 3.8) is 0 Å². The van der Waals surface area contributed by atoms with E-state index in [1.165, 1.54) is 30.0 Å². The van der Waals surface area contributed by atoms with E-state index in [1.54, 1.807) is 11.6 Å². The number of carbonyl (C=O) groups excluding carboxylic acids is 2. The summed E-state index contributed by atoms with van der Waals surface area (Å²) in [6.07, 6.45) is 1.64. The molecule has 0 bridgehead atoms. The minimum atomic E-state index is -0.163. The van der Waals surface area contributed by atoms with Gasteiger partial charge < -0.3 is 10.6 Å². The molecule has 2 heterocycles. The lowest BCUT2D eigenvalue weighted by atomic mass is 10.2. The molecule has 2 aromatic carbocycles. The third-order valence-electron chi connectivity index (χ3n) is 4.12. The van der Waals surface area contributed by atoms with Crippen molar-refractivity contribution in [1.29, 1.82) is 0 Å². The molecule has 0 radical (unpaired) electrons. The van der Waals surface area contributed by atoms with Crippen LogP contribution in [0.25, 0.3) is 17.1 Å². The Bertz CT molecular complexity index is 1170. The van der Waals surface area contributed by atoms with Crippen molar-refractivity contribution >= 4 is 45.7 Å². The highest BCUT2D eigenvalue weighted by molar-refractivity contribution is 7.99. The topological polar surface area (TPSA) is 102 Å². The monoisotopic (exact) mass is 450 g/mol. The zero-order valence-corrected chi connectivity index (χ0v) is 18.1. The van der Waals surface area contributed by atoms with Gasteiger partial charge >= 0.3 is 0 Å². The molecule has 0 spiro atoms. The molecule has 0 fully saturated rings. The van der Waals surface area contributed by atoms with Crippen molar-refractivity contribution in [2.75, 3.05) is 16.4 Å². The second-order valence-corrected chi connectivity index (χ2v) is 8.25. The number of thiazole rings is 1. The van der Waals surface area contributed by atoms with Gasteiger partial charge in [-0.15, -0.1) is 21.5 Å². The van der Waals surface area contributed by atoms with E-state index in [2.05, 4.69) is 25.8 Å². The lowest BCUT2D eigenvalue weighted by Crippen LogP contribution is -2.14. The second kappa shape index (κ2) is 9.54. The van der Waals surface area contributed by atoms with Crippen molar-refractivity contribution < 1.29 is 9.59 Å². The summed E-state index contributed by atoms with van der Waals surface area (Å²) in [4.78, 5) is 27.6. The molecule has 8 nitrogen and oxygen atoms in total. The number of aromatic nitrogens is 4. The van der Waals surface area contributed by atoms with Crippen LogP contribution in [0.1, 0.15) is 6.92 Å². The number of nitrogens with one attached hydrogen (secondary N) is 2. The Labute approximate surface area is 186 Å². The highest BCUT2D eigenvalue weighted by Crippen LogP contribution is 2.28. The van der Waals surface area contributed by atoms with Gasteiger partial charge in [0, 0.05) is 35.4 Å². The third kappa shape index (κ3) is 5.16. The van der Waals surface area contributed by atoms with Crippen LogP contribution in [0.3, 0.4) is 0 Å². The zero-order valence-electron chi connectivity index (χ0n) is 16.5. The van der Waals surface area contributed by atoms with Gasteiger partial charge in [0.1, 0.15) is 0 Å². The van der Waals surface area contributed by atoms with Gasteiger partial charge in [-0.2, -0.15) is 0 Å². The molecule has 0 aliphatic rings. The normalized spacial score (nSPS) is 10.6. The summed E-state index contributed by atoms with van der Waals surface area (Å²) in [6.45, 7) is 1.47. The first kappa shape index (κ1) is 20.8. The van der Waals surface area contributed by atoms with E-state index in [0.717, 1.165) is 11.3 Å². The smallest absolute Gasteiger partial charge is 0.236 e. The summed E-state index contributed by atoms with van der Waals surface area (Å²) < 4.78 is 1.91. The molecule has 0 unspecified atom stereocenters. The van der Waals surface area contributed by atoms with Gasteiger partial charge in [0.15, 0.2) is 16.1 Å². The van der Waals surface area contributed by atoms with Crippen LogP contribution in [0.15, 0.2) is 71.3 Å². The molecule has 156 valence electrons. The lowest BCUT2D eigenvalue weighted by molar-refractivity contribution is -0.114. The van der Waals surface area contributed by atoms with Crippen LogP contribution in [0.4, 0.5) is 10.8 Å². The van der Waals surface area contributed by atoms with Crippen LogP contribution in [-0.4, -0.2) is 37.3 Å². The molecule has 2 N–H and O–H groups in total. The van der Waals surface area contributed by atoms with Crippen LogP contribution in [0, 0.1) is 0 Å². The number of hydrogen-bond acceptors (Lipinski definition) is 7. The van der Waals surface area contributed by atoms with E-state index < -0.39 is 0 Å². The van der Waals surface area contributed by atoms with Gasteiger partial charge in [-0.1, -0.05) is 30.0 Å². The molecular formula is C21H18N6O2S2. The molecule has 0 atom stereocenters. The maximum absolute atomic E-state index is 12.3. The van der Waals surface area contributed by atoms with Crippen molar-refractivity contribution in [1.82, 2.24) is 19.7 Å². The molecular weight excluding hydrogens is 432 g/mol. The van der Waals surface area contributed by atoms with E-state index in [9.17, 15) is 9.59 Å². The molecule has 0 saturated heterocycles. The van der Waals surface area contributed by atoms with Crippen LogP contribution < -0.4 is 10.6 Å². The van der Waals surface area contributed by atoms with Gasteiger partial charge in [-0.3, -0.25) is 14.2 Å². The Morgan fingerprint density at radius 2 is 1.81 bits per heavy atom. The van der Waals surface area contributed by atoms with Crippen molar-refractivity contribution in [2.24, 2.45) is 0 Å². The predicted molar refractivity (Wildman–Crippen MR) is 123 cm³/mol. The molecule has 31 heavy (non-hydrogen) atoms. The quantitative estimate of drug-likeness (QED) is 0.412. The predicted octanol–water partition coefficient (Wildman–Crippen LogP) is 4.08. The van der Waals surface area contributed by atoms with Gasteiger partial charge in [0.2, 0.25) is 11.8 Å². The first-order chi connectivity index (χ1) is 15.1. The standard InChI is InChI=1S/C21H18N6O2S2/c1-14(28)23-16-9-7-15(8-10-16)19-25-26-21(27(19)17-5-3-2-4-6-17)31-13-18(29)24-20-22-11-12-30-20/h2-12H,13H2,1H3,(H,23,28)(H,22,24,29). The fourth-order valence-corrected chi connectivity index (χ4v) is 4.13. The van der Waals surface area contributed by atoms with Crippen LogP contribution in [-0.2, 0) is 9.59 Å². The van der Waals surface area contributed by atoms with Gasteiger partial charge in [0.25, 0.3) is 0 Å². The summed E-state index contributed by atoms with van der Waals surface area (Å²) in [6, 6.07) is 17.1. The van der Waals surface area contributed by atoms with Crippen molar-refractivity contribution in [3.8, 4) is 17.1 Å². The molecule has 0 saturated carbocycles. The fraction of sp³-hybridized carbons (Fsp3) is 0.0952. The SMILES string of the molecule is CC(=O)Nc1ccc(-c2nnc(SCC(=O)Nc3nccs3)n2-c2ccccc2)cc1. The maximum Gasteiger partial charge on any atom is 0.236 e. The second-order valence-electron chi connectivity index (χ2n) is 6.41. The first-order valence-electron chi connectivity index (χ1n) is 9.31. The number of carbonyl (C=O) groups is 2. The average Bonchev–Trinajstić information content (AvgIpc) is 3.43. The highest BCUT2D eigenvalue weighted by Gasteiger charge is 2.17. The molecule has 0 aliphatic heterocycles. The Kier molecular flexibility index (Phi) is 6.39. The van der Waals surface area contributed by atoms with E-state index in [1.807, 2.05) is 59.2 Å². The number of nitrogens with zero attached hydrogens (tertiary/aromatic N) is 4. The van der Waals surface area contributed by atoms with Crippen LogP contribution in [0.2, 0.25) is 0 Å². The number of thioether (sulfide) groups is 1. The molecule has 0 aliphatic carbocycles. The molecule has 10 heteroatoms. The summed E-state index contributed by atoms with van der Waals surface area (Å²) >= 11 is 2.66. The van der Waals surface area contributed by atoms with Crippen LogP contribution >= 0.6 is 23.1 Å². The number of hydrogen-bond donors (Lipinski definition) is 2. The Morgan fingerprint density at radius 1 is 1.03 bits per heavy atom. The molecule has 4 aromatic rings. The Balaban J connectivity index is 1.60. The van der Waals surface area contributed by atoms with E-state index >= 15 is 0 Å². The minimum absolute atomic E-state index is 0.130. The van der Waals surface area contributed by atoms with E-state index in [-0.39, 0.29) is 17.6 Å². The molecule has 2 amide bonds. The third-order valence-corrected chi connectivity index (χ3v) is 5.74. The largest absolute Gasteiger partial charge is 0.326 e. The average molecular weight is 451 g/mol. The fourth-order valence-electron chi connectivity index (χ4n) is 2.84. The summed E-state index contributed by atoms with van der Waals surface area (Å²) in [5.41, 5.74) is 2.43. The number of rotatable bonds is 7. The lowest BCUT2D eigenvalue weighted by Gasteiger charge is -2.11. The van der Waals surface area contributed by atoms with E-state index in [0.29, 0.717) is 21.8 Å². The first-order valence-corrected chi connectivity index (χ1v) is 11.2. The van der Waals surface area contributed by atoms with Gasteiger partial charge in [-0.25, -0.2) is 4.98 Å². The minimum Gasteiger partial charge on any atom is -0.326 e. The van der Waals surface area contributed by atoms with Gasteiger partial charge in [-0.05, 0) is 36.4 Å². The summed E-state index contributed by atoms with van der Waals surface area (Å²) in [5.74, 6) is 0.522. The number of benzene rings is 2. The Hall–Kier alpha value is -3.50. The molecule has 4 rings (SSSR count). The highest BCUT2D eigenvalue weighted by atomic mass is 32.2. The maximum atomic E-state index is 12.3.